The second-order valence-electron chi connectivity index (χ2n) is 6.37. The average Bonchev–Trinajstić information content (AvgIpc) is 2.89. The van der Waals surface area contributed by atoms with Crippen molar-refractivity contribution < 1.29 is 9.59 Å². The molecule has 1 aromatic carbocycles. The molecule has 1 N–H and O–H groups in total. The van der Waals surface area contributed by atoms with Crippen molar-refractivity contribution in [3.05, 3.63) is 45.3 Å². The first-order chi connectivity index (χ1) is 13.0. The van der Waals surface area contributed by atoms with Crippen LogP contribution in [0, 0.1) is 0 Å². The Hall–Kier alpha value is -2.06. The van der Waals surface area contributed by atoms with E-state index in [0.29, 0.717) is 35.3 Å². The molecule has 1 fully saturated rings. The molecule has 0 radical (unpaired) electrons. The highest BCUT2D eigenvalue weighted by Crippen LogP contribution is 2.29. The maximum atomic E-state index is 13.0. The van der Waals surface area contributed by atoms with Crippen LogP contribution in [0.15, 0.2) is 34.2 Å². The van der Waals surface area contributed by atoms with Gasteiger partial charge in [0.05, 0.1) is 5.25 Å². The monoisotopic (exact) mass is 408 g/mol. The number of carbonyl (C=O) groups excluding carboxylic acids is 2. The molecule has 1 aromatic heterocycles. The van der Waals surface area contributed by atoms with E-state index in [1.165, 1.54) is 21.2 Å². The van der Waals surface area contributed by atoms with Crippen molar-refractivity contribution in [3.63, 3.8) is 0 Å². The van der Waals surface area contributed by atoms with Crippen LogP contribution in [0.4, 0.5) is 0 Å². The lowest BCUT2D eigenvalue weighted by atomic mass is 10.2. The highest BCUT2D eigenvalue weighted by molar-refractivity contribution is 8.00. The van der Waals surface area contributed by atoms with Gasteiger partial charge in [0.15, 0.2) is 5.16 Å². The number of hydrogen-bond acceptors (Lipinski definition) is 5. The van der Waals surface area contributed by atoms with Gasteiger partial charge in [-0.2, -0.15) is 0 Å². The number of H-pyrrole nitrogens is 1. The lowest BCUT2D eigenvalue weighted by Crippen LogP contribution is -2.41. The number of amides is 2. The van der Waals surface area contributed by atoms with E-state index < -0.39 is 5.25 Å². The zero-order chi connectivity index (χ0) is 19.4. The first kappa shape index (κ1) is 19.7. The summed E-state index contributed by atoms with van der Waals surface area (Å²) in [7, 11) is 0. The molecule has 0 saturated carbocycles. The summed E-state index contributed by atoms with van der Waals surface area (Å²) in [6, 6.07) is 6.52. The van der Waals surface area contributed by atoms with Gasteiger partial charge in [0.2, 0.25) is 5.91 Å². The summed E-state index contributed by atoms with van der Waals surface area (Å²) in [6.07, 6.45) is 3.01. The van der Waals surface area contributed by atoms with Crippen molar-refractivity contribution in [2.75, 3.05) is 6.54 Å². The van der Waals surface area contributed by atoms with Crippen molar-refractivity contribution in [2.24, 2.45) is 0 Å². The smallest absolute Gasteiger partial charge is 0.278 e. The second kappa shape index (κ2) is 8.75. The van der Waals surface area contributed by atoms with Gasteiger partial charge in [0.1, 0.15) is 0 Å². The Bertz CT molecular complexity index is 877. The summed E-state index contributed by atoms with van der Waals surface area (Å²) in [5.74, 6) is -0.562. The standard InChI is InChI=1S/C18H21ClN4O3S/c1-2-10-23-17(26)20-21-18(23)27-14-5-3-4-11-22(16(14)25)15(24)12-6-8-13(19)9-7-12/h6-9,14H,2-5,10-11H2,1H3,(H,20,26). The zero-order valence-electron chi connectivity index (χ0n) is 15.0. The van der Waals surface area contributed by atoms with Crippen molar-refractivity contribution in [2.45, 2.75) is 49.6 Å². The predicted octanol–water partition coefficient (Wildman–Crippen LogP) is 2.95. The quantitative estimate of drug-likeness (QED) is 0.768. The van der Waals surface area contributed by atoms with E-state index in [9.17, 15) is 14.4 Å². The third-order valence-electron chi connectivity index (χ3n) is 4.39. The van der Waals surface area contributed by atoms with Crippen LogP contribution in [-0.4, -0.2) is 43.3 Å². The fraction of sp³-hybridized carbons (Fsp3) is 0.444. The Kier molecular flexibility index (Phi) is 6.38. The Morgan fingerprint density at radius 1 is 1.30 bits per heavy atom. The minimum absolute atomic E-state index is 0.240. The molecule has 1 aliphatic rings. The number of imide groups is 1. The van der Waals surface area contributed by atoms with Crippen LogP contribution in [0.5, 0.6) is 0 Å². The molecule has 2 amide bonds. The molecule has 27 heavy (non-hydrogen) atoms. The van der Waals surface area contributed by atoms with Gasteiger partial charge in [-0.05, 0) is 43.5 Å². The van der Waals surface area contributed by atoms with E-state index >= 15 is 0 Å². The molecular weight excluding hydrogens is 388 g/mol. The van der Waals surface area contributed by atoms with Gasteiger partial charge < -0.3 is 0 Å². The number of benzene rings is 1. The first-order valence-corrected chi connectivity index (χ1v) is 10.2. The maximum absolute atomic E-state index is 13.0. The Balaban J connectivity index is 1.81. The first-order valence-electron chi connectivity index (χ1n) is 8.94. The topological polar surface area (TPSA) is 88.1 Å². The molecule has 1 atom stereocenters. The summed E-state index contributed by atoms with van der Waals surface area (Å²) < 4.78 is 1.54. The lowest BCUT2D eigenvalue weighted by Gasteiger charge is -2.22. The number of aromatic amines is 1. The summed E-state index contributed by atoms with van der Waals surface area (Å²) in [6.45, 7) is 2.89. The average molecular weight is 409 g/mol. The van der Waals surface area contributed by atoms with E-state index in [2.05, 4.69) is 10.2 Å². The summed E-state index contributed by atoms with van der Waals surface area (Å²) >= 11 is 7.13. The van der Waals surface area contributed by atoms with Gasteiger partial charge >= 0.3 is 5.69 Å². The van der Waals surface area contributed by atoms with E-state index in [-0.39, 0.29) is 17.5 Å². The molecule has 144 valence electrons. The number of halogens is 1. The van der Waals surface area contributed by atoms with Crippen LogP contribution in [0.1, 0.15) is 43.0 Å². The number of aromatic nitrogens is 3. The number of hydrogen-bond donors (Lipinski definition) is 1. The van der Waals surface area contributed by atoms with Crippen LogP contribution in [0.3, 0.4) is 0 Å². The molecule has 2 aromatic rings. The van der Waals surface area contributed by atoms with Gasteiger partial charge in [-0.3, -0.25) is 19.1 Å². The fourth-order valence-corrected chi connectivity index (χ4v) is 4.30. The van der Waals surface area contributed by atoms with Crippen LogP contribution in [0.2, 0.25) is 5.02 Å². The highest BCUT2D eigenvalue weighted by atomic mass is 35.5. The van der Waals surface area contributed by atoms with Gasteiger partial charge in [-0.1, -0.05) is 36.7 Å². The zero-order valence-corrected chi connectivity index (χ0v) is 16.6. The van der Waals surface area contributed by atoms with Gasteiger partial charge in [0, 0.05) is 23.7 Å². The molecule has 0 spiro atoms. The van der Waals surface area contributed by atoms with Crippen molar-refractivity contribution in [3.8, 4) is 0 Å². The Labute approximate surface area is 166 Å². The molecule has 9 heteroatoms. The second-order valence-corrected chi connectivity index (χ2v) is 7.97. The van der Waals surface area contributed by atoms with E-state index in [1.807, 2.05) is 6.92 Å². The van der Waals surface area contributed by atoms with Gasteiger partial charge in [-0.25, -0.2) is 9.89 Å². The molecule has 0 aliphatic carbocycles. The van der Waals surface area contributed by atoms with E-state index in [1.54, 1.807) is 24.3 Å². The summed E-state index contributed by atoms with van der Waals surface area (Å²) in [4.78, 5) is 39.0. The van der Waals surface area contributed by atoms with Crippen molar-refractivity contribution in [1.82, 2.24) is 19.7 Å². The molecule has 3 rings (SSSR count). The normalized spacial score (nSPS) is 17.8. The largest absolute Gasteiger partial charge is 0.343 e. The third-order valence-corrected chi connectivity index (χ3v) is 5.89. The number of nitrogens with one attached hydrogen (secondary N) is 1. The molecular formula is C18H21ClN4O3S. The molecule has 2 heterocycles. The third kappa shape index (κ3) is 4.44. The van der Waals surface area contributed by atoms with Gasteiger partial charge in [-0.15, -0.1) is 5.10 Å². The van der Waals surface area contributed by atoms with Crippen LogP contribution in [0.25, 0.3) is 0 Å². The van der Waals surface area contributed by atoms with Gasteiger partial charge in [0.25, 0.3) is 5.91 Å². The maximum Gasteiger partial charge on any atom is 0.343 e. The molecule has 1 saturated heterocycles. The highest BCUT2D eigenvalue weighted by Gasteiger charge is 2.33. The predicted molar refractivity (Wildman–Crippen MR) is 104 cm³/mol. The van der Waals surface area contributed by atoms with E-state index in [0.717, 1.165) is 19.3 Å². The van der Waals surface area contributed by atoms with Crippen LogP contribution in [-0.2, 0) is 11.3 Å². The van der Waals surface area contributed by atoms with Crippen molar-refractivity contribution >= 4 is 35.2 Å². The molecule has 1 unspecified atom stereocenters. The minimum atomic E-state index is -0.449. The molecule has 0 bridgehead atoms. The van der Waals surface area contributed by atoms with Crippen LogP contribution < -0.4 is 5.69 Å². The number of nitrogens with zero attached hydrogens (tertiary/aromatic N) is 3. The summed E-state index contributed by atoms with van der Waals surface area (Å²) in [5.41, 5.74) is 0.149. The number of carbonyl (C=O) groups is 2. The molecule has 7 nitrogen and oxygen atoms in total. The minimum Gasteiger partial charge on any atom is -0.278 e. The van der Waals surface area contributed by atoms with Crippen molar-refractivity contribution in [1.29, 1.82) is 0 Å². The number of rotatable bonds is 5. The SMILES string of the molecule is CCCn1c(SC2CCCCN(C(=O)c3ccc(Cl)cc3)C2=O)n[nH]c1=O. The Morgan fingerprint density at radius 3 is 2.74 bits per heavy atom. The van der Waals surface area contributed by atoms with Crippen LogP contribution >= 0.6 is 23.4 Å². The number of likely N-dealkylation sites (tertiary alicyclic amines) is 1. The lowest BCUT2D eigenvalue weighted by molar-refractivity contribution is -0.127. The van der Waals surface area contributed by atoms with E-state index in [4.69, 9.17) is 11.6 Å². The summed E-state index contributed by atoms with van der Waals surface area (Å²) in [5, 5.41) is 7.06. The fourth-order valence-electron chi connectivity index (χ4n) is 3.01. The molecule has 1 aliphatic heterocycles. The number of thioether (sulfide) groups is 1. The Morgan fingerprint density at radius 2 is 2.04 bits per heavy atom.